The minimum atomic E-state index is -0.540. The fraction of sp³-hybridized carbons (Fsp3) is 0.429. The third-order valence-corrected chi connectivity index (χ3v) is 4.69. The summed E-state index contributed by atoms with van der Waals surface area (Å²) < 4.78 is 5.76. The third-order valence-electron chi connectivity index (χ3n) is 4.69. The topological polar surface area (TPSA) is 72.6 Å². The normalized spacial score (nSPS) is 16.0. The number of rotatable bonds is 6. The summed E-state index contributed by atoms with van der Waals surface area (Å²) in [6.45, 7) is 8.15. The molecule has 1 fully saturated rings. The molecule has 0 saturated carbocycles. The Balaban J connectivity index is 1.46. The van der Waals surface area contributed by atoms with Crippen LogP contribution in [-0.2, 0) is 0 Å². The maximum atomic E-state index is 10.3. The Morgan fingerprint density at radius 3 is 2.56 bits per heavy atom. The number of β-amino-alcohol motifs (C(OH)–C–C–N with tert-alkyl or cyclic N) is 1. The lowest BCUT2D eigenvalue weighted by molar-refractivity contribution is 0.0662. The minimum absolute atomic E-state index is 0.280. The van der Waals surface area contributed by atoms with Crippen molar-refractivity contribution in [1.82, 2.24) is 9.88 Å². The second-order valence-electron chi connectivity index (χ2n) is 7.06. The van der Waals surface area contributed by atoms with E-state index in [4.69, 9.17) is 4.74 Å². The van der Waals surface area contributed by atoms with Crippen LogP contribution in [-0.4, -0.2) is 60.4 Å². The van der Waals surface area contributed by atoms with Crippen LogP contribution < -0.4 is 9.64 Å². The average Bonchev–Trinajstić information content (AvgIpc) is 2.66. The highest BCUT2D eigenvalue weighted by Crippen LogP contribution is 2.19. The third kappa shape index (κ3) is 5.19. The van der Waals surface area contributed by atoms with Crippen LogP contribution in [0.3, 0.4) is 0 Å². The van der Waals surface area contributed by atoms with Crippen LogP contribution >= 0.6 is 0 Å². The Morgan fingerprint density at radius 2 is 1.89 bits per heavy atom. The molecule has 1 atom stereocenters. The number of benzene rings is 1. The molecule has 0 amide bonds. The smallest absolute Gasteiger partial charge is 0.146 e. The lowest BCUT2D eigenvalue weighted by atomic mass is 10.1. The number of hydrogen-bond acceptors (Lipinski definition) is 6. The molecule has 6 nitrogen and oxygen atoms in total. The number of anilines is 1. The average molecular weight is 366 g/mol. The van der Waals surface area contributed by atoms with Gasteiger partial charge in [0, 0.05) is 38.9 Å². The molecule has 1 aromatic heterocycles. The van der Waals surface area contributed by atoms with Gasteiger partial charge in [0.2, 0.25) is 0 Å². The molecule has 6 heteroatoms. The summed E-state index contributed by atoms with van der Waals surface area (Å²) in [7, 11) is 0. The lowest BCUT2D eigenvalue weighted by Crippen LogP contribution is -2.49. The highest BCUT2D eigenvalue weighted by molar-refractivity contribution is 5.53. The quantitative estimate of drug-likeness (QED) is 0.844. The SMILES string of the molecule is Cc1cc(C)cc(OCC(O)CN2CCN(c3ncccc3C#N)CC2)c1. The lowest BCUT2D eigenvalue weighted by Gasteiger charge is -2.36. The van der Waals surface area contributed by atoms with Crippen molar-refractivity contribution in [2.75, 3.05) is 44.2 Å². The van der Waals surface area contributed by atoms with Crippen LogP contribution in [0, 0.1) is 25.2 Å². The largest absolute Gasteiger partial charge is 0.491 e. The summed E-state index contributed by atoms with van der Waals surface area (Å²) in [5, 5.41) is 19.6. The van der Waals surface area contributed by atoms with Crippen molar-refractivity contribution in [1.29, 1.82) is 5.26 Å². The maximum absolute atomic E-state index is 10.3. The summed E-state index contributed by atoms with van der Waals surface area (Å²) in [4.78, 5) is 8.71. The summed E-state index contributed by atoms with van der Waals surface area (Å²) >= 11 is 0. The number of ether oxygens (including phenoxy) is 1. The number of pyridine rings is 1. The number of aryl methyl sites for hydroxylation is 2. The molecule has 0 radical (unpaired) electrons. The Labute approximate surface area is 160 Å². The van der Waals surface area contributed by atoms with Crippen molar-refractivity contribution < 1.29 is 9.84 Å². The Hall–Kier alpha value is -2.62. The highest BCUT2D eigenvalue weighted by Gasteiger charge is 2.22. The molecule has 142 valence electrons. The van der Waals surface area contributed by atoms with Crippen molar-refractivity contribution in [3.63, 3.8) is 0 Å². The molecule has 1 N–H and O–H groups in total. The Morgan fingerprint density at radius 1 is 1.19 bits per heavy atom. The summed E-state index contributed by atoms with van der Waals surface area (Å²) in [5.74, 6) is 1.55. The van der Waals surface area contributed by atoms with E-state index in [0.717, 1.165) is 48.9 Å². The number of piperazine rings is 1. The molecule has 2 aromatic rings. The number of aliphatic hydroxyl groups excluding tert-OH is 1. The van der Waals surface area contributed by atoms with Crippen LogP contribution in [0.2, 0.25) is 0 Å². The van der Waals surface area contributed by atoms with Gasteiger partial charge < -0.3 is 14.7 Å². The molecule has 1 aliphatic heterocycles. The fourth-order valence-corrected chi connectivity index (χ4v) is 3.44. The van der Waals surface area contributed by atoms with Gasteiger partial charge in [0.25, 0.3) is 0 Å². The number of nitrogens with zero attached hydrogens (tertiary/aromatic N) is 4. The van der Waals surface area contributed by atoms with Gasteiger partial charge in [-0.25, -0.2) is 4.98 Å². The molecule has 0 spiro atoms. The molecule has 1 saturated heterocycles. The van der Waals surface area contributed by atoms with E-state index < -0.39 is 6.10 Å². The van der Waals surface area contributed by atoms with Gasteiger partial charge in [-0.3, -0.25) is 4.90 Å². The summed E-state index contributed by atoms with van der Waals surface area (Å²) in [6.07, 6.45) is 1.18. The first kappa shape index (κ1) is 19.2. The van der Waals surface area contributed by atoms with E-state index in [1.165, 1.54) is 0 Å². The van der Waals surface area contributed by atoms with Crippen molar-refractivity contribution in [3.05, 3.63) is 53.2 Å². The van der Waals surface area contributed by atoms with Gasteiger partial charge >= 0.3 is 0 Å². The predicted molar refractivity (Wildman–Crippen MR) is 105 cm³/mol. The molecule has 0 aliphatic carbocycles. The van der Waals surface area contributed by atoms with E-state index in [1.807, 2.05) is 26.0 Å². The first-order chi connectivity index (χ1) is 13.0. The zero-order valence-electron chi connectivity index (χ0n) is 15.9. The van der Waals surface area contributed by atoms with E-state index >= 15 is 0 Å². The van der Waals surface area contributed by atoms with Crippen LogP contribution in [0.5, 0.6) is 5.75 Å². The van der Waals surface area contributed by atoms with Gasteiger partial charge in [-0.2, -0.15) is 5.26 Å². The molecule has 1 unspecified atom stereocenters. The molecule has 1 aromatic carbocycles. The molecule has 3 rings (SSSR count). The molecule has 27 heavy (non-hydrogen) atoms. The van der Waals surface area contributed by atoms with Crippen molar-refractivity contribution in [3.8, 4) is 11.8 Å². The van der Waals surface area contributed by atoms with E-state index in [1.54, 1.807) is 18.3 Å². The molecule has 0 bridgehead atoms. The van der Waals surface area contributed by atoms with Gasteiger partial charge in [-0.05, 0) is 49.2 Å². The number of aliphatic hydroxyl groups is 1. The van der Waals surface area contributed by atoms with E-state index in [2.05, 4.69) is 26.9 Å². The second-order valence-corrected chi connectivity index (χ2v) is 7.06. The van der Waals surface area contributed by atoms with E-state index in [9.17, 15) is 10.4 Å². The van der Waals surface area contributed by atoms with Gasteiger partial charge in [0.05, 0.1) is 5.56 Å². The van der Waals surface area contributed by atoms with Crippen molar-refractivity contribution in [2.45, 2.75) is 20.0 Å². The number of nitriles is 1. The Bertz CT molecular complexity index is 790. The van der Waals surface area contributed by atoms with Crippen LogP contribution in [0.25, 0.3) is 0 Å². The molecular formula is C21H26N4O2. The molecule has 2 heterocycles. The first-order valence-electron chi connectivity index (χ1n) is 9.27. The van der Waals surface area contributed by atoms with Gasteiger partial charge in [0.1, 0.15) is 30.3 Å². The Kier molecular flexibility index (Phi) is 6.28. The van der Waals surface area contributed by atoms with Gasteiger partial charge in [0.15, 0.2) is 0 Å². The molecule has 1 aliphatic rings. The van der Waals surface area contributed by atoms with E-state index in [0.29, 0.717) is 12.1 Å². The van der Waals surface area contributed by atoms with Crippen LogP contribution in [0.4, 0.5) is 5.82 Å². The van der Waals surface area contributed by atoms with Crippen LogP contribution in [0.1, 0.15) is 16.7 Å². The van der Waals surface area contributed by atoms with Crippen molar-refractivity contribution in [2.24, 2.45) is 0 Å². The zero-order valence-corrected chi connectivity index (χ0v) is 15.9. The zero-order chi connectivity index (χ0) is 19.2. The first-order valence-corrected chi connectivity index (χ1v) is 9.27. The maximum Gasteiger partial charge on any atom is 0.146 e. The fourth-order valence-electron chi connectivity index (χ4n) is 3.44. The standard InChI is InChI=1S/C21H26N4O2/c1-16-10-17(2)12-20(11-16)27-15-19(26)14-24-6-8-25(9-7-24)21-18(13-22)4-3-5-23-21/h3-5,10-12,19,26H,6-9,14-15H2,1-2H3. The number of hydrogen-bond donors (Lipinski definition) is 1. The van der Waals surface area contributed by atoms with Gasteiger partial charge in [-0.1, -0.05) is 6.07 Å². The predicted octanol–water partition coefficient (Wildman–Crippen LogP) is 2.13. The van der Waals surface area contributed by atoms with Crippen LogP contribution in [0.15, 0.2) is 36.5 Å². The second kappa shape index (κ2) is 8.85. The molecular weight excluding hydrogens is 340 g/mol. The minimum Gasteiger partial charge on any atom is -0.491 e. The van der Waals surface area contributed by atoms with E-state index in [-0.39, 0.29) is 6.61 Å². The van der Waals surface area contributed by atoms with Crippen molar-refractivity contribution >= 4 is 5.82 Å². The monoisotopic (exact) mass is 366 g/mol. The highest BCUT2D eigenvalue weighted by atomic mass is 16.5. The number of aromatic nitrogens is 1. The van der Waals surface area contributed by atoms with Gasteiger partial charge in [-0.15, -0.1) is 0 Å². The summed E-state index contributed by atoms with van der Waals surface area (Å²) in [5.41, 5.74) is 2.91. The summed E-state index contributed by atoms with van der Waals surface area (Å²) in [6, 6.07) is 11.8.